The number of anilines is 1. The summed E-state index contributed by atoms with van der Waals surface area (Å²) in [6.07, 6.45) is 0.491. The van der Waals surface area contributed by atoms with E-state index in [4.69, 9.17) is 5.73 Å². The standard InChI is InChI=1S/C8H12N4O3S3/c9-7-11-12-8(17-7)16-3-6(13)10-5-1-2-18(14,15)4-5/h5H,1-4H2,(H2,9,11)(H,10,13). The van der Waals surface area contributed by atoms with Crippen molar-refractivity contribution in [3.63, 3.8) is 0 Å². The zero-order valence-corrected chi connectivity index (χ0v) is 11.8. The Morgan fingerprint density at radius 2 is 2.33 bits per heavy atom. The van der Waals surface area contributed by atoms with E-state index in [-0.39, 0.29) is 29.2 Å². The number of sulfone groups is 1. The Hall–Kier alpha value is -0.870. The average Bonchev–Trinajstić information content (AvgIpc) is 2.82. The van der Waals surface area contributed by atoms with Crippen LogP contribution in [0.2, 0.25) is 0 Å². The zero-order valence-electron chi connectivity index (χ0n) is 9.33. The molecule has 1 aromatic rings. The van der Waals surface area contributed by atoms with Gasteiger partial charge < -0.3 is 11.1 Å². The Bertz CT molecular complexity index is 542. The summed E-state index contributed by atoms with van der Waals surface area (Å²) in [7, 11) is -2.96. The number of nitrogens with two attached hydrogens (primary N) is 1. The molecule has 2 rings (SSSR count). The monoisotopic (exact) mass is 308 g/mol. The fourth-order valence-electron chi connectivity index (χ4n) is 1.58. The van der Waals surface area contributed by atoms with Crippen LogP contribution in [0.15, 0.2) is 4.34 Å². The molecule has 0 spiro atoms. The molecule has 3 N–H and O–H groups in total. The first-order valence-electron chi connectivity index (χ1n) is 5.16. The molecular formula is C8H12N4O3S3. The summed E-state index contributed by atoms with van der Waals surface area (Å²) < 4.78 is 23.1. The predicted molar refractivity (Wildman–Crippen MR) is 70.2 cm³/mol. The van der Waals surface area contributed by atoms with Gasteiger partial charge >= 0.3 is 0 Å². The van der Waals surface area contributed by atoms with Crippen molar-refractivity contribution in [2.45, 2.75) is 16.8 Å². The van der Waals surface area contributed by atoms with Gasteiger partial charge in [-0.25, -0.2) is 8.42 Å². The smallest absolute Gasteiger partial charge is 0.230 e. The molecule has 0 aromatic carbocycles. The van der Waals surface area contributed by atoms with Crippen molar-refractivity contribution in [1.82, 2.24) is 15.5 Å². The van der Waals surface area contributed by atoms with Gasteiger partial charge in [0.1, 0.15) is 0 Å². The second-order valence-corrected chi connectivity index (χ2v) is 8.32. The second-order valence-electron chi connectivity index (χ2n) is 3.86. The van der Waals surface area contributed by atoms with Gasteiger partial charge in [0, 0.05) is 6.04 Å². The minimum atomic E-state index is -2.96. The molecule has 0 aliphatic carbocycles. The highest BCUT2D eigenvalue weighted by atomic mass is 32.2. The summed E-state index contributed by atoms with van der Waals surface area (Å²) in [6.45, 7) is 0. The van der Waals surface area contributed by atoms with Crippen molar-refractivity contribution in [3.8, 4) is 0 Å². The van der Waals surface area contributed by atoms with Gasteiger partial charge in [-0.2, -0.15) is 0 Å². The summed E-state index contributed by atoms with van der Waals surface area (Å²) in [6, 6.07) is -0.261. The maximum Gasteiger partial charge on any atom is 0.230 e. The molecule has 0 saturated carbocycles. The van der Waals surface area contributed by atoms with Crippen LogP contribution in [0.4, 0.5) is 5.13 Å². The van der Waals surface area contributed by atoms with E-state index in [1.807, 2.05) is 0 Å². The van der Waals surface area contributed by atoms with Crippen LogP contribution < -0.4 is 11.1 Å². The molecule has 1 aromatic heterocycles. The van der Waals surface area contributed by atoms with Crippen molar-refractivity contribution in [3.05, 3.63) is 0 Å². The van der Waals surface area contributed by atoms with E-state index in [0.717, 1.165) is 0 Å². The zero-order chi connectivity index (χ0) is 13.2. The first kappa shape index (κ1) is 13.6. The summed E-state index contributed by atoms with van der Waals surface area (Å²) in [5.41, 5.74) is 5.41. The number of nitrogens with zero attached hydrogens (tertiary/aromatic N) is 2. The van der Waals surface area contributed by atoms with E-state index in [1.54, 1.807) is 0 Å². The SMILES string of the molecule is Nc1nnc(SCC(=O)NC2CCS(=O)(=O)C2)s1. The molecule has 1 unspecified atom stereocenters. The van der Waals surface area contributed by atoms with Crippen LogP contribution in [-0.4, -0.2) is 47.8 Å². The van der Waals surface area contributed by atoms with Gasteiger partial charge in [-0.05, 0) is 6.42 Å². The third kappa shape index (κ3) is 3.82. The van der Waals surface area contributed by atoms with Crippen LogP contribution in [0.25, 0.3) is 0 Å². The second kappa shape index (κ2) is 5.41. The Kier molecular flexibility index (Phi) is 4.07. The van der Waals surface area contributed by atoms with E-state index >= 15 is 0 Å². The predicted octanol–water partition coefficient (Wildman–Crippen LogP) is -0.484. The highest BCUT2D eigenvalue weighted by molar-refractivity contribution is 8.01. The number of nitrogens with one attached hydrogen (secondary N) is 1. The quantitative estimate of drug-likeness (QED) is 0.721. The number of hydrogen-bond acceptors (Lipinski definition) is 8. The molecular weight excluding hydrogens is 296 g/mol. The van der Waals surface area contributed by atoms with Crippen molar-refractivity contribution in [1.29, 1.82) is 0 Å². The average molecular weight is 308 g/mol. The number of rotatable bonds is 4. The topological polar surface area (TPSA) is 115 Å². The minimum Gasteiger partial charge on any atom is -0.374 e. The first-order chi connectivity index (χ1) is 8.44. The van der Waals surface area contributed by atoms with E-state index < -0.39 is 9.84 Å². The third-order valence-electron chi connectivity index (χ3n) is 2.35. The number of hydrogen-bond donors (Lipinski definition) is 2. The lowest BCUT2D eigenvalue weighted by Gasteiger charge is -2.09. The van der Waals surface area contributed by atoms with Gasteiger partial charge in [-0.1, -0.05) is 23.1 Å². The number of nitrogen functional groups attached to an aromatic ring is 1. The molecule has 1 aliphatic heterocycles. The lowest BCUT2D eigenvalue weighted by Crippen LogP contribution is -2.36. The number of amides is 1. The van der Waals surface area contributed by atoms with E-state index in [1.165, 1.54) is 23.1 Å². The Morgan fingerprint density at radius 3 is 2.89 bits per heavy atom. The van der Waals surface area contributed by atoms with Gasteiger partial charge in [0.15, 0.2) is 14.2 Å². The lowest BCUT2D eigenvalue weighted by atomic mass is 10.3. The third-order valence-corrected chi connectivity index (χ3v) is 6.00. The number of carbonyl (C=O) groups excluding carboxylic acids is 1. The largest absolute Gasteiger partial charge is 0.374 e. The van der Waals surface area contributed by atoms with Gasteiger partial charge in [0.25, 0.3) is 0 Å². The molecule has 18 heavy (non-hydrogen) atoms. The van der Waals surface area contributed by atoms with Crippen molar-refractivity contribution >= 4 is 44.0 Å². The molecule has 1 aliphatic rings. The van der Waals surface area contributed by atoms with Crippen LogP contribution >= 0.6 is 23.1 Å². The fraction of sp³-hybridized carbons (Fsp3) is 0.625. The molecule has 1 amide bonds. The molecule has 1 atom stereocenters. The Morgan fingerprint density at radius 1 is 1.56 bits per heavy atom. The number of carbonyl (C=O) groups is 1. The van der Waals surface area contributed by atoms with Crippen LogP contribution in [0.3, 0.4) is 0 Å². The Labute approximate surface area is 112 Å². The van der Waals surface area contributed by atoms with Gasteiger partial charge in [-0.15, -0.1) is 10.2 Å². The highest BCUT2D eigenvalue weighted by Gasteiger charge is 2.28. The normalized spacial score (nSPS) is 21.9. The van der Waals surface area contributed by atoms with Crippen molar-refractivity contribution < 1.29 is 13.2 Å². The summed E-state index contributed by atoms with van der Waals surface area (Å²) >= 11 is 2.45. The maximum absolute atomic E-state index is 11.6. The summed E-state index contributed by atoms with van der Waals surface area (Å²) in [5, 5.41) is 10.5. The molecule has 7 nitrogen and oxygen atoms in total. The van der Waals surface area contributed by atoms with E-state index in [2.05, 4.69) is 15.5 Å². The maximum atomic E-state index is 11.6. The summed E-state index contributed by atoms with van der Waals surface area (Å²) in [5.74, 6) is 0.175. The Balaban J connectivity index is 1.76. The molecule has 1 saturated heterocycles. The molecule has 0 radical (unpaired) electrons. The number of thioether (sulfide) groups is 1. The molecule has 10 heteroatoms. The molecule has 100 valence electrons. The van der Waals surface area contributed by atoms with Gasteiger partial charge in [0.05, 0.1) is 17.3 Å². The highest BCUT2D eigenvalue weighted by Crippen LogP contribution is 2.23. The fourth-order valence-corrected chi connectivity index (χ4v) is 4.70. The van der Waals surface area contributed by atoms with Crippen LogP contribution in [-0.2, 0) is 14.6 Å². The molecule has 0 bridgehead atoms. The van der Waals surface area contributed by atoms with E-state index in [0.29, 0.717) is 15.9 Å². The van der Waals surface area contributed by atoms with Gasteiger partial charge in [-0.3, -0.25) is 4.79 Å². The van der Waals surface area contributed by atoms with Crippen molar-refractivity contribution in [2.24, 2.45) is 0 Å². The van der Waals surface area contributed by atoms with Gasteiger partial charge in [0.2, 0.25) is 11.0 Å². The van der Waals surface area contributed by atoms with Crippen molar-refractivity contribution in [2.75, 3.05) is 23.0 Å². The molecule has 2 heterocycles. The van der Waals surface area contributed by atoms with E-state index in [9.17, 15) is 13.2 Å². The van der Waals surface area contributed by atoms with Crippen LogP contribution in [0.1, 0.15) is 6.42 Å². The number of aromatic nitrogens is 2. The molecule has 1 fully saturated rings. The summed E-state index contributed by atoms with van der Waals surface area (Å²) in [4.78, 5) is 11.6. The first-order valence-corrected chi connectivity index (χ1v) is 8.78. The lowest BCUT2D eigenvalue weighted by molar-refractivity contribution is -0.119. The van der Waals surface area contributed by atoms with Crippen LogP contribution in [0.5, 0.6) is 0 Å². The minimum absolute atomic E-state index is 0.0369. The van der Waals surface area contributed by atoms with Crippen LogP contribution in [0, 0.1) is 0 Å².